The highest BCUT2D eigenvalue weighted by atomic mass is 16.2. The Morgan fingerprint density at radius 2 is 2.17 bits per heavy atom. The van der Waals surface area contributed by atoms with E-state index < -0.39 is 0 Å². The van der Waals surface area contributed by atoms with Gasteiger partial charge in [-0.1, -0.05) is 0 Å². The number of nitrogens with two attached hydrogens (primary N) is 1. The monoisotopic (exact) mass is 251 g/mol. The first-order valence-electron chi connectivity index (χ1n) is 6.58. The van der Waals surface area contributed by atoms with E-state index in [9.17, 15) is 4.79 Å². The van der Waals surface area contributed by atoms with Crippen molar-refractivity contribution in [1.29, 1.82) is 0 Å². The summed E-state index contributed by atoms with van der Waals surface area (Å²) in [7, 11) is 0. The molecule has 0 unspecified atom stereocenters. The maximum absolute atomic E-state index is 12.2. The van der Waals surface area contributed by atoms with E-state index >= 15 is 0 Å². The van der Waals surface area contributed by atoms with Crippen LogP contribution < -0.4 is 5.73 Å². The highest BCUT2D eigenvalue weighted by Gasteiger charge is 2.26. The minimum absolute atomic E-state index is 0.114. The summed E-state index contributed by atoms with van der Waals surface area (Å²) in [5.74, 6) is 0.114. The van der Waals surface area contributed by atoms with Crippen molar-refractivity contribution in [2.45, 2.75) is 51.2 Å². The fourth-order valence-corrected chi connectivity index (χ4v) is 2.60. The number of rotatable bonds is 4. The molecule has 0 saturated heterocycles. The molecule has 6 heteroatoms. The van der Waals surface area contributed by atoms with Gasteiger partial charge in [-0.3, -0.25) is 4.79 Å². The van der Waals surface area contributed by atoms with Gasteiger partial charge in [-0.15, -0.1) is 0 Å². The van der Waals surface area contributed by atoms with Gasteiger partial charge in [0.05, 0.1) is 0 Å². The minimum Gasteiger partial charge on any atom is -0.338 e. The number of likely N-dealkylation sites (N-methyl/N-ethyl adjacent to an activating group) is 1. The van der Waals surface area contributed by atoms with Crippen molar-refractivity contribution in [3.63, 3.8) is 0 Å². The molecule has 0 spiro atoms. The van der Waals surface area contributed by atoms with E-state index in [4.69, 9.17) is 5.73 Å². The first kappa shape index (κ1) is 13.0. The second-order valence-corrected chi connectivity index (χ2v) is 4.84. The molecule has 1 aromatic rings. The standard InChI is InChI=1S/C12H21N5O/c1-2-17(11-5-3-10(13)4-6-11)12(18)7-16-9-14-8-15-16/h8-11H,2-7,13H2,1H3. The molecule has 100 valence electrons. The molecule has 1 fully saturated rings. The van der Waals surface area contributed by atoms with Crippen LogP contribution in [-0.4, -0.2) is 44.2 Å². The lowest BCUT2D eigenvalue weighted by Gasteiger charge is -2.35. The molecule has 1 aliphatic rings. The lowest BCUT2D eigenvalue weighted by Crippen LogP contribution is -2.45. The van der Waals surface area contributed by atoms with E-state index in [0.717, 1.165) is 32.2 Å². The van der Waals surface area contributed by atoms with Crippen LogP contribution in [-0.2, 0) is 11.3 Å². The summed E-state index contributed by atoms with van der Waals surface area (Å²) in [6, 6.07) is 0.649. The Balaban J connectivity index is 1.93. The third-order valence-electron chi connectivity index (χ3n) is 3.61. The molecule has 6 nitrogen and oxygen atoms in total. The zero-order valence-corrected chi connectivity index (χ0v) is 10.8. The predicted molar refractivity (Wildman–Crippen MR) is 67.6 cm³/mol. The van der Waals surface area contributed by atoms with E-state index in [-0.39, 0.29) is 12.5 Å². The molecular weight excluding hydrogens is 230 g/mol. The van der Waals surface area contributed by atoms with Crippen molar-refractivity contribution in [3.8, 4) is 0 Å². The maximum Gasteiger partial charge on any atom is 0.244 e. The average Bonchev–Trinajstić information content (AvgIpc) is 2.85. The van der Waals surface area contributed by atoms with Gasteiger partial charge < -0.3 is 10.6 Å². The van der Waals surface area contributed by atoms with Gasteiger partial charge in [0, 0.05) is 18.6 Å². The van der Waals surface area contributed by atoms with Crippen LogP contribution in [0.25, 0.3) is 0 Å². The van der Waals surface area contributed by atoms with Gasteiger partial charge >= 0.3 is 0 Å². The Labute approximate surface area is 107 Å². The van der Waals surface area contributed by atoms with Crippen LogP contribution in [0.1, 0.15) is 32.6 Å². The fraction of sp³-hybridized carbons (Fsp3) is 0.750. The summed E-state index contributed by atoms with van der Waals surface area (Å²) in [5, 5.41) is 3.97. The van der Waals surface area contributed by atoms with Gasteiger partial charge in [0.1, 0.15) is 19.2 Å². The normalized spacial score (nSPS) is 23.9. The number of amides is 1. The van der Waals surface area contributed by atoms with Crippen LogP contribution in [0.3, 0.4) is 0 Å². The summed E-state index contributed by atoms with van der Waals surface area (Å²) in [6.07, 6.45) is 7.07. The SMILES string of the molecule is CCN(C(=O)Cn1cncn1)C1CCC(N)CC1. The molecular formula is C12H21N5O. The predicted octanol–water partition coefficient (Wildman–Crippen LogP) is 0.396. The van der Waals surface area contributed by atoms with Crippen LogP contribution in [0.15, 0.2) is 12.7 Å². The van der Waals surface area contributed by atoms with Crippen LogP contribution in [0.5, 0.6) is 0 Å². The molecule has 2 N–H and O–H groups in total. The molecule has 1 aliphatic carbocycles. The molecule has 1 aromatic heterocycles. The second-order valence-electron chi connectivity index (χ2n) is 4.84. The number of hydrogen-bond acceptors (Lipinski definition) is 4. The number of carbonyl (C=O) groups is 1. The van der Waals surface area contributed by atoms with Gasteiger partial charge in [0.2, 0.25) is 5.91 Å². The van der Waals surface area contributed by atoms with Gasteiger partial charge in [-0.05, 0) is 32.6 Å². The van der Waals surface area contributed by atoms with Gasteiger partial charge in [-0.25, -0.2) is 9.67 Å². The molecule has 1 amide bonds. The Bertz CT molecular complexity index is 370. The van der Waals surface area contributed by atoms with Crippen LogP contribution in [0, 0.1) is 0 Å². The smallest absolute Gasteiger partial charge is 0.244 e. The van der Waals surface area contributed by atoms with E-state index in [1.165, 1.54) is 6.33 Å². The molecule has 0 bridgehead atoms. The molecule has 0 aliphatic heterocycles. The lowest BCUT2D eigenvalue weighted by atomic mass is 9.90. The van der Waals surface area contributed by atoms with Gasteiger partial charge in [-0.2, -0.15) is 5.10 Å². The summed E-state index contributed by atoms with van der Waals surface area (Å²) in [6.45, 7) is 3.04. The van der Waals surface area contributed by atoms with Crippen LogP contribution in [0.2, 0.25) is 0 Å². The zero-order chi connectivity index (χ0) is 13.0. The summed E-state index contributed by atoms with van der Waals surface area (Å²) in [5.41, 5.74) is 5.90. The highest BCUT2D eigenvalue weighted by Crippen LogP contribution is 2.22. The minimum atomic E-state index is 0.114. The first-order chi connectivity index (χ1) is 8.70. The van der Waals surface area contributed by atoms with E-state index in [2.05, 4.69) is 10.1 Å². The van der Waals surface area contributed by atoms with Gasteiger partial charge in [0.25, 0.3) is 0 Å². The Morgan fingerprint density at radius 1 is 1.44 bits per heavy atom. The summed E-state index contributed by atoms with van der Waals surface area (Å²) < 4.78 is 1.57. The summed E-state index contributed by atoms with van der Waals surface area (Å²) >= 11 is 0. The van der Waals surface area contributed by atoms with Crippen LogP contribution in [0.4, 0.5) is 0 Å². The molecule has 0 aromatic carbocycles. The number of carbonyl (C=O) groups excluding carboxylic acids is 1. The van der Waals surface area contributed by atoms with Crippen molar-refractivity contribution in [2.24, 2.45) is 5.73 Å². The van der Waals surface area contributed by atoms with E-state index in [1.807, 2.05) is 11.8 Å². The highest BCUT2D eigenvalue weighted by molar-refractivity contribution is 5.76. The third-order valence-corrected chi connectivity index (χ3v) is 3.61. The molecule has 2 rings (SSSR count). The summed E-state index contributed by atoms with van der Waals surface area (Å²) in [4.78, 5) is 18.0. The molecule has 1 saturated carbocycles. The van der Waals surface area contributed by atoms with Crippen molar-refractivity contribution in [3.05, 3.63) is 12.7 Å². The van der Waals surface area contributed by atoms with Gasteiger partial charge in [0.15, 0.2) is 0 Å². The molecule has 0 atom stereocenters. The third kappa shape index (κ3) is 3.07. The number of hydrogen-bond donors (Lipinski definition) is 1. The molecule has 18 heavy (non-hydrogen) atoms. The molecule has 0 radical (unpaired) electrons. The largest absolute Gasteiger partial charge is 0.338 e. The maximum atomic E-state index is 12.2. The van der Waals surface area contributed by atoms with Crippen molar-refractivity contribution in [2.75, 3.05) is 6.54 Å². The zero-order valence-electron chi connectivity index (χ0n) is 10.8. The Morgan fingerprint density at radius 3 is 2.72 bits per heavy atom. The Kier molecular flexibility index (Phi) is 4.30. The van der Waals surface area contributed by atoms with E-state index in [0.29, 0.717) is 12.1 Å². The van der Waals surface area contributed by atoms with Crippen molar-refractivity contribution < 1.29 is 4.79 Å². The molecule has 1 heterocycles. The topological polar surface area (TPSA) is 77.0 Å². The van der Waals surface area contributed by atoms with Crippen molar-refractivity contribution >= 4 is 5.91 Å². The lowest BCUT2D eigenvalue weighted by molar-refractivity contribution is -0.134. The van der Waals surface area contributed by atoms with E-state index in [1.54, 1.807) is 11.0 Å². The number of aromatic nitrogens is 3. The first-order valence-corrected chi connectivity index (χ1v) is 6.58. The Hall–Kier alpha value is -1.43. The fourth-order valence-electron chi connectivity index (χ4n) is 2.60. The van der Waals surface area contributed by atoms with Crippen LogP contribution >= 0.6 is 0 Å². The second kappa shape index (κ2) is 5.95. The number of nitrogens with zero attached hydrogens (tertiary/aromatic N) is 4. The van der Waals surface area contributed by atoms with Crippen molar-refractivity contribution in [1.82, 2.24) is 19.7 Å². The average molecular weight is 251 g/mol. The quantitative estimate of drug-likeness (QED) is 0.840.